The summed E-state index contributed by atoms with van der Waals surface area (Å²) in [5.41, 5.74) is 1.72. The highest BCUT2D eigenvalue weighted by atomic mass is 35.5. The van der Waals surface area contributed by atoms with Gasteiger partial charge >= 0.3 is 0 Å². The molecule has 0 fully saturated rings. The summed E-state index contributed by atoms with van der Waals surface area (Å²) in [4.78, 5) is 16.3. The third kappa shape index (κ3) is 2.60. The summed E-state index contributed by atoms with van der Waals surface area (Å²) < 4.78 is 1.54. The van der Waals surface area contributed by atoms with E-state index < -0.39 is 0 Å². The van der Waals surface area contributed by atoms with Gasteiger partial charge in [-0.2, -0.15) is 0 Å². The van der Waals surface area contributed by atoms with Gasteiger partial charge in [-0.25, -0.2) is 4.68 Å². The van der Waals surface area contributed by atoms with Gasteiger partial charge in [0.25, 0.3) is 5.56 Å². The van der Waals surface area contributed by atoms with Crippen LogP contribution in [0.5, 0.6) is 0 Å². The molecular weight excluding hydrogens is 354 g/mol. The van der Waals surface area contributed by atoms with E-state index in [4.69, 9.17) is 11.6 Å². The maximum absolute atomic E-state index is 13.1. The maximum Gasteiger partial charge on any atom is 0.281 e. The second kappa shape index (κ2) is 6.17. The Kier molecular flexibility index (Phi) is 3.98. The summed E-state index contributed by atoms with van der Waals surface area (Å²) in [6.45, 7) is 6.86. The highest BCUT2D eigenvalue weighted by Gasteiger charge is 2.26. The van der Waals surface area contributed by atoms with E-state index in [-0.39, 0.29) is 5.56 Å². The second-order valence-corrected chi connectivity index (χ2v) is 7.17. The molecule has 0 amide bonds. The molecule has 3 aromatic rings. The van der Waals surface area contributed by atoms with E-state index in [9.17, 15) is 4.79 Å². The largest absolute Gasteiger partial charge is 0.335 e. The average Bonchev–Trinajstić information content (AvgIpc) is 3.11. The molecule has 1 N–H and O–H groups in total. The zero-order chi connectivity index (χ0) is 17.6. The van der Waals surface area contributed by atoms with Crippen LogP contribution in [-0.2, 0) is 0 Å². The lowest BCUT2D eigenvalue weighted by Gasteiger charge is -2.17. The highest BCUT2D eigenvalue weighted by molar-refractivity contribution is 8.08. The SMILES string of the molecule is C=c1[nH]n(-c2ccccc2)c(=O)c1=C1Sc2ccc(Cl)cc2N1CC. The van der Waals surface area contributed by atoms with Crippen molar-refractivity contribution in [1.29, 1.82) is 0 Å². The Morgan fingerprint density at radius 1 is 1.20 bits per heavy atom. The second-order valence-electron chi connectivity index (χ2n) is 5.70. The first kappa shape index (κ1) is 16.1. The predicted molar refractivity (Wildman–Crippen MR) is 105 cm³/mol. The van der Waals surface area contributed by atoms with E-state index in [2.05, 4.69) is 23.5 Å². The van der Waals surface area contributed by atoms with Crippen LogP contribution in [0.25, 0.3) is 17.3 Å². The van der Waals surface area contributed by atoms with Crippen LogP contribution in [-0.4, -0.2) is 16.3 Å². The summed E-state index contributed by atoms with van der Waals surface area (Å²) in [5.74, 6) is 0. The van der Waals surface area contributed by atoms with E-state index in [1.807, 2.05) is 48.5 Å². The Morgan fingerprint density at radius 2 is 1.96 bits per heavy atom. The molecule has 2 heterocycles. The molecule has 0 radical (unpaired) electrons. The minimum atomic E-state index is -0.101. The first-order valence-electron chi connectivity index (χ1n) is 7.94. The number of aromatic amines is 1. The minimum absolute atomic E-state index is 0.101. The van der Waals surface area contributed by atoms with Crippen LogP contribution in [0, 0.1) is 0 Å². The van der Waals surface area contributed by atoms with Crippen LogP contribution in [0.15, 0.2) is 58.2 Å². The fraction of sp³-hybridized carbons (Fsp3) is 0.105. The Bertz CT molecular complexity index is 1120. The number of benzene rings is 2. The standard InChI is InChI=1S/C19H16ClN3OS/c1-3-22-15-11-13(20)9-10-16(15)25-19(22)17-12(2)21-23(18(17)24)14-7-5-4-6-8-14/h4-11,21H,2-3H2,1H3. The molecule has 1 aliphatic rings. The molecule has 0 spiro atoms. The number of para-hydroxylation sites is 1. The molecule has 0 bridgehead atoms. The monoisotopic (exact) mass is 369 g/mol. The van der Waals surface area contributed by atoms with Crippen molar-refractivity contribution in [3.8, 4) is 5.69 Å². The predicted octanol–water partition coefficient (Wildman–Crippen LogP) is 2.93. The molecule has 1 aliphatic heterocycles. The topological polar surface area (TPSA) is 41.0 Å². The van der Waals surface area contributed by atoms with Crippen LogP contribution in [0.4, 0.5) is 5.69 Å². The lowest BCUT2D eigenvalue weighted by Crippen LogP contribution is -2.39. The number of rotatable bonds is 2. The maximum atomic E-state index is 13.1. The molecule has 25 heavy (non-hydrogen) atoms. The third-order valence-corrected chi connectivity index (χ3v) is 5.59. The number of halogens is 1. The van der Waals surface area contributed by atoms with Gasteiger partial charge in [0, 0.05) is 16.5 Å². The van der Waals surface area contributed by atoms with Crippen molar-refractivity contribution in [2.45, 2.75) is 11.8 Å². The molecule has 6 heteroatoms. The Hall–Kier alpha value is -2.37. The minimum Gasteiger partial charge on any atom is -0.335 e. The quantitative estimate of drug-likeness (QED) is 0.755. The van der Waals surface area contributed by atoms with Gasteiger partial charge in [-0.15, -0.1) is 0 Å². The molecule has 126 valence electrons. The number of nitrogens with one attached hydrogen (secondary N) is 1. The van der Waals surface area contributed by atoms with Crippen molar-refractivity contribution >= 4 is 40.7 Å². The van der Waals surface area contributed by atoms with Gasteiger partial charge in [-0.1, -0.05) is 48.1 Å². The van der Waals surface area contributed by atoms with Gasteiger partial charge < -0.3 is 4.90 Å². The Labute approximate surface area is 154 Å². The van der Waals surface area contributed by atoms with Crippen molar-refractivity contribution in [3.63, 3.8) is 0 Å². The first-order valence-corrected chi connectivity index (χ1v) is 9.14. The summed E-state index contributed by atoms with van der Waals surface area (Å²) >= 11 is 7.73. The smallest absolute Gasteiger partial charge is 0.281 e. The lowest BCUT2D eigenvalue weighted by molar-refractivity contribution is 0.838. The van der Waals surface area contributed by atoms with Gasteiger partial charge in [-0.05, 0) is 37.3 Å². The average molecular weight is 370 g/mol. The van der Waals surface area contributed by atoms with Crippen molar-refractivity contribution in [3.05, 3.63) is 74.5 Å². The van der Waals surface area contributed by atoms with E-state index >= 15 is 0 Å². The zero-order valence-corrected chi connectivity index (χ0v) is 15.2. The van der Waals surface area contributed by atoms with Crippen molar-refractivity contribution in [2.24, 2.45) is 0 Å². The molecule has 2 aromatic carbocycles. The Balaban J connectivity index is 1.98. The van der Waals surface area contributed by atoms with Crippen LogP contribution in [0.2, 0.25) is 5.02 Å². The normalized spacial score (nSPS) is 15.5. The summed E-state index contributed by atoms with van der Waals surface area (Å²) in [6.07, 6.45) is 0. The fourth-order valence-corrected chi connectivity index (χ4v) is 4.45. The number of hydrogen-bond acceptors (Lipinski definition) is 3. The number of nitrogens with zero attached hydrogens (tertiary/aromatic N) is 2. The molecule has 0 saturated carbocycles. The third-order valence-electron chi connectivity index (χ3n) is 4.17. The molecule has 1 aromatic heterocycles. The number of fused-ring (bicyclic) bond motifs is 1. The van der Waals surface area contributed by atoms with Gasteiger partial charge in [-0.3, -0.25) is 9.89 Å². The zero-order valence-electron chi connectivity index (χ0n) is 13.6. The molecular formula is C19H16ClN3OS. The Morgan fingerprint density at radius 3 is 2.68 bits per heavy atom. The van der Waals surface area contributed by atoms with Crippen LogP contribution < -0.4 is 21.0 Å². The lowest BCUT2D eigenvalue weighted by atomic mass is 10.3. The number of aromatic nitrogens is 2. The summed E-state index contributed by atoms with van der Waals surface area (Å²) in [6, 6.07) is 15.3. The van der Waals surface area contributed by atoms with E-state index in [1.54, 1.807) is 11.8 Å². The van der Waals surface area contributed by atoms with Gasteiger partial charge in [0.05, 0.1) is 27.0 Å². The van der Waals surface area contributed by atoms with Crippen LogP contribution in [0.3, 0.4) is 0 Å². The van der Waals surface area contributed by atoms with Gasteiger partial charge in [0.15, 0.2) is 0 Å². The molecule has 0 atom stereocenters. The van der Waals surface area contributed by atoms with Crippen LogP contribution in [0.1, 0.15) is 6.92 Å². The van der Waals surface area contributed by atoms with Crippen molar-refractivity contribution in [1.82, 2.24) is 9.78 Å². The van der Waals surface area contributed by atoms with Crippen LogP contribution >= 0.6 is 23.4 Å². The van der Waals surface area contributed by atoms with E-state index in [0.29, 0.717) is 15.6 Å². The fourth-order valence-electron chi connectivity index (χ4n) is 3.02. The summed E-state index contributed by atoms with van der Waals surface area (Å²) in [5, 5.41) is 5.87. The molecule has 0 saturated heterocycles. The summed E-state index contributed by atoms with van der Waals surface area (Å²) in [7, 11) is 0. The van der Waals surface area contributed by atoms with Crippen molar-refractivity contribution in [2.75, 3.05) is 11.4 Å². The number of H-pyrrole nitrogens is 1. The molecule has 0 aliphatic carbocycles. The van der Waals surface area contributed by atoms with E-state index in [1.165, 1.54) is 4.68 Å². The molecule has 0 unspecified atom stereocenters. The molecule has 4 rings (SSSR count). The number of hydrogen-bond donors (Lipinski definition) is 1. The number of thioether (sulfide) groups is 1. The number of anilines is 1. The van der Waals surface area contributed by atoms with Gasteiger partial charge in [0.2, 0.25) is 0 Å². The first-order chi connectivity index (χ1) is 12.1. The van der Waals surface area contributed by atoms with Crippen molar-refractivity contribution < 1.29 is 0 Å². The van der Waals surface area contributed by atoms with Gasteiger partial charge in [0.1, 0.15) is 0 Å². The van der Waals surface area contributed by atoms with E-state index in [0.717, 1.165) is 27.8 Å². The molecule has 4 nitrogen and oxygen atoms in total. The highest BCUT2D eigenvalue weighted by Crippen LogP contribution is 2.46.